The number of rotatable bonds is 6. The average molecular weight is 393 g/mol. The molecule has 26 heavy (non-hydrogen) atoms. The Morgan fingerprint density at radius 3 is 2.35 bits per heavy atom. The number of hydrogen-bond acceptors (Lipinski definition) is 3. The Bertz CT molecular complexity index is 712. The van der Waals surface area contributed by atoms with Crippen LogP contribution in [0.4, 0.5) is 0 Å². The van der Waals surface area contributed by atoms with E-state index in [0.29, 0.717) is 28.0 Å². The lowest BCUT2D eigenvalue weighted by atomic mass is 10.0. The molecule has 0 unspecified atom stereocenters. The summed E-state index contributed by atoms with van der Waals surface area (Å²) >= 11 is 12.2. The van der Waals surface area contributed by atoms with Crippen molar-refractivity contribution in [3.05, 3.63) is 64.1 Å². The summed E-state index contributed by atoms with van der Waals surface area (Å²) in [5.41, 5.74) is 0.708. The van der Waals surface area contributed by atoms with E-state index in [-0.39, 0.29) is 11.9 Å². The lowest BCUT2D eigenvalue weighted by molar-refractivity contribution is 0.0905. The van der Waals surface area contributed by atoms with Gasteiger partial charge in [0.1, 0.15) is 6.61 Å². The number of nitrogens with zero attached hydrogens (tertiary/aromatic N) is 1. The standard InChI is InChI=1S/C20H22Cl2N2O2/c21-17-7-4-8-18(22)19(17)26-14-13-24-11-9-16(10-12-24)23-20(25)15-5-2-1-3-6-15/h1-8,16H,9-14H2,(H,23,25). The van der Waals surface area contributed by atoms with E-state index >= 15 is 0 Å². The first kappa shape index (κ1) is 19.0. The highest BCUT2D eigenvalue weighted by atomic mass is 35.5. The molecular weight excluding hydrogens is 371 g/mol. The summed E-state index contributed by atoms with van der Waals surface area (Å²) in [5.74, 6) is 0.543. The number of likely N-dealkylation sites (tertiary alicyclic amines) is 1. The molecule has 1 aliphatic rings. The first-order valence-electron chi connectivity index (χ1n) is 8.78. The zero-order valence-corrected chi connectivity index (χ0v) is 16.0. The third-order valence-corrected chi connectivity index (χ3v) is 5.13. The predicted molar refractivity (Wildman–Crippen MR) is 105 cm³/mol. The molecule has 1 fully saturated rings. The van der Waals surface area contributed by atoms with Crippen LogP contribution in [0.3, 0.4) is 0 Å². The number of nitrogens with one attached hydrogen (secondary N) is 1. The molecule has 2 aromatic carbocycles. The maximum atomic E-state index is 12.2. The molecule has 0 aliphatic carbocycles. The molecule has 1 saturated heterocycles. The molecule has 0 atom stereocenters. The Kier molecular flexibility index (Phi) is 6.78. The van der Waals surface area contributed by atoms with Crippen LogP contribution in [0.5, 0.6) is 5.75 Å². The Morgan fingerprint density at radius 2 is 1.69 bits per heavy atom. The SMILES string of the molecule is O=C(NC1CCN(CCOc2c(Cl)cccc2Cl)CC1)c1ccccc1. The van der Waals surface area contributed by atoms with Gasteiger partial charge in [-0.05, 0) is 37.1 Å². The highest BCUT2D eigenvalue weighted by molar-refractivity contribution is 6.37. The van der Waals surface area contributed by atoms with Crippen molar-refractivity contribution in [3.8, 4) is 5.75 Å². The van der Waals surface area contributed by atoms with Crippen LogP contribution in [0.15, 0.2) is 48.5 Å². The Labute approximate surface area is 164 Å². The zero-order valence-electron chi connectivity index (χ0n) is 14.5. The van der Waals surface area contributed by atoms with Crippen LogP contribution in [0.25, 0.3) is 0 Å². The van der Waals surface area contributed by atoms with E-state index in [9.17, 15) is 4.79 Å². The lowest BCUT2D eigenvalue weighted by Crippen LogP contribution is -2.45. The molecule has 3 rings (SSSR count). The number of hydrogen-bond donors (Lipinski definition) is 1. The van der Waals surface area contributed by atoms with Gasteiger partial charge in [0, 0.05) is 31.2 Å². The van der Waals surface area contributed by atoms with Gasteiger partial charge in [-0.1, -0.05) is 47.5 Å². The van der Waals surface area contributed by atoms with E-state index in [4.69, 9.17) is 27.9 Å². The predicted octanol–water partition coefficient (Wildman–Crippen LogP) is 4.27. The summed E-state index contributed by atoms with van der Waals surface area (Å²) < 4.78 is 5.74. The monoisotopic (exact) mass is 392 g/mol. The molecule has 138 valence electrons. The molecule has 1 N–H and O–H groups in total. The molecule has 0 aromatic heterocycles. The van der Waals surface area contributed by atoms with Crippen molar-refractivity contribution in [1.29, 1.82) is 0 Å². The minimum atomic E-state index is 0.000690. The van der Waals surface area contributed by atoms with Crippen molar-refractivity contribution >= 4 is 29.1 Å². The molecule has 4 nitrogen and oxygen atoms in total. The molecule has 0 saturated carbocycles. The van der Waals surface area contributed by atoms with Gasteiger partial charge in [-0.3, -0.25) is 9.69 Å². The maximum Gasteiger partial charge on any atom is 0.251 e. The van der Waals surface area contributed by atoms with Gasteiger partial charge in [0.2, 0.25) is 0 Å². The van der Waals surface area contributed by atoms with Crippen LogP contribution < -0.4 is 10.1 Å². The molecular formula is C20H22Cl2N2O2. The van der Waals surface area contributed by atoms with Gasteiger partial charge in [-0.25, -0.2) is 0 Å². The number of ether oxygens (including phenoxy) is 1. The molecule has 0 bridgehead atoms. The number of carbonyl (C=O) groups is 1. The number of carbonyl (C=O) groups excluding carboxylic acids is 1. The first-order chi connectivity index (χ1) is 12.6. The fourth-order valence-electron chi connectivity index (χ4n) is 3.06. The topological polar surface area (TPSA) is 41.6 Å². The van der Waals surface area contributed by atoms with Crippen LogP contribution in [-0.4, -0.2) is 43.1 Å². The Balaban J connectivity index is 1.39. The van der Waals surface area contributed by atoms with E-state index in [1.165, 1.54) is 0 Å². The summed E-state index contributed by atoms with van der Waals surface area (Å²) in [6, 6.07) is 14.9. The summed E-state index contributed by atoms with van der Waals surface area (Å²) in [5, 5.41) is 4.18. The van der Waals surface area contributed by atoms with E-state index in [1.54, 1.807) is 18.2 Å². The molecule has 1 amide bonds. The van der Waals surface area contributed by atoms with Gasteiger partial charge in [0.05, 0.1) is 10.0 Å². The zero-order chi connectivity index (χ0) is 18.4. The summed E-state index contributed by atoms with van der Waals surface area (Å²) in [4.78, 5) is 14.5. The van der Waals surface area contributed by atoms with Gasteiger partial charge in [-0.2, -0.15) is 0 Å². The Morgan fingerprint density at radius 1 is 1.04 bits per heavy atom. The number of halogens is 2. The van der Waals surface area contributed by atoms with Crippen molar-refractivity contribution < 1.29 is 9.53 Å². The smallest absolute Gasteiger partial charge is 0.251 e. The van der Waals surface area contributed by atoms with Crippen molar-refractivity contribution in [2.24, 2.45) is 0 Å². The number of piperidine rings is 1. The minimum Gasteiger partial charge on any atom is -0.489 e. The van der Waals surface area contributed by atoms with E-state index < -0.39 is 0 Å². The van der Waals surface area contributed by atoms with Crippen molar-refractivity contribution in [2.75, 3.05) is 26.2 Å². The molecule has 0 radical (unpaired) electrons. The molecule has 1 aliphatic heterocycles. The van der Waals surface area contributed by atoms with Gasteiger partial charge >= 0.3 is 0 Å². The maximum absolute atomic E-state index is 12.2. The molecule has 2 aromatic rings. The normalized spacial score (nSPS) is 15.6. The van der Waals surface area contributed by atoms with Crippen LogP contribution in [-0.2, 0) is 0 Å². The Hall–Kier alpha value is -1.75. The first-order valence-corrected chi connectivity index (χ1v) is 9.54. The molecule has 1 heterocycles. The second-order valence-electron chi connectivity index (χ2n) is 6.35. The lowest BCUT2D eigenvalue weighted by Gasteiger charge is -2.32. The third kappa shape index (κ3) is 5.13. The van der Waals surface area contributed by atoms with Crippen LogP contribution >= 0.6 is 23.2 Å². The van der Waals surface area contributed by atoms with Crippen molar-refractivity contribution in [3.63, 3.8) is 0 Å². The summed E-state index contributed by atoms with van der Waals surface area (Å²) in [7, 11) is 0. The fraction of sp³-hybridized carbons (Fsp3) is 0.350. The number of benzene rings is 2. The second kappa shape index (κ2) is 9.26. The van der Waals surface area contributed by atoms with Crippen LogP contribution in [0.2, 0.25) is 10.0 Å². The highest BCUT2D eigenvalue weighted by Gasteiger charge is 2.21. The highest BCUT2D eigenvalue weighted by Crippen LogP contribution is 2.32. The van der Waals surface area contributed by atoms with Crippen LogP contribution in [0.1, 0.15) is 23.2 Å². The third-order valence-electron chi connectivity index (χ3n) is 4.53. The van der Waals surface area contributed by atoms with Crippen LogP contribution in [0, 0.1) is 0 Å². The van der Waals surface area contributed by atoms with E-state index in [2.05, 4.69) is 10.2 Å². The summed E-state index contributed by atoms with van der Waals surface area (Å²) in [6.07, 6.45) is 1.87. The quantitative estimate of drug-likeness (QED) is 0.797. The molecule has 0 spiro atoms. The average Bonchev–Trinajstić information content (AvgIpc) is 2.66. The minimum absolute atomic E-state index is 0.000690. The second-order valence-corrected chi connectivity index (χ2v) is 7.17. The van der Waals surface area contributed by atoms with E-state index in [1.807, 2.05) is 30.3 Å². The fourth-order valence-corrected chi connectivity index (χ4v) is 3.56. The largest absolute Gasteiger partial charge is 0.489 e. The van der Waals surface area contributed by atoms with Gasteiger partial charge < -0.3 is 10.1 Å². The van der Waals surface area contributed by atoms with Gasteiger partial charge in [-0.15, -0.1) is 0 Å². The van der Waals surface area contributed by atoms with E-state index in [0.717, 1.165) is 32.5 Å². The van der Waals surface area contributed by atoms with Crippen molar-refractivity contribution in [1.82, 2.24) is 10.2 Å². The van der Waals surface area contributed by atoms with Crippen molar-refractivity contribution in [2.45, 2.75) is 18.9 Å². The summed E-state index contributed by atoms with van der Waals surface area (Å²) in [6.45, 7) is 3.20. The number of para-hydroxylation sites is 1. The van der Waals surface area contributed by atoms with Gasteiger partial charge in [0.25, 0.3) is 5.91 Å². The molecule has 6 heteroatoms. The number of amides is 1. The van der Waals surface area contributed by atoms with Gasteiger partial charge in [0.15, 0.2) is 5.75 Å².